The van der Waals surface area contributed by atoms with Gasteiger partial charge in [0.05, 0.1) is 0 Å². The van der Waals surface area contributed by atoms with Gasteiger partial charge in [0, 0.05) is 32.3 Å². The number of hydrogen-bond acceptors (Lipinski definition) is 7. The maximum atomic E-state index is 12.4. The van der Waals surface area contributed by atoms with Gasteiger partial charge in [-0.25, -0.2) is 0 Å². The third-order valence-corrected chi connectivity index (χ3v) is 5.41. The van der Waals surface area contributed by atoms with Gasteiger partial charge >= 0.3 is 0 Å². The van der Waals surface area contributed by atoms with E-state index in [0.717, 1.165) is 5.01 Å². The highest BCUT2D eigenvalue weighted by Crippen LogP contribution is 2.25. The first-order valence-corrected chi connectivity index (χ1v) is 9.27. The second-order valence-electron chi connectivity index (χ2n) is 6.09. The molecular weight excluding hydrogens is 354 g/mol. The van der Waals surface area contributed by atoms with Gasteiger partial charge in [0.25, 0.3) is 5.91 Å². The summed E-state index contributed by atoms with van der Waals surface area (Å²) in [7, 11) is 1.60. The molecule has 2 aromatic heterocycles. The molecule has 1 saturated heterocycles. The van der Waals surface area contributed by atoms with Crippen molar-refractivity contribution in [1.29, 1.82) is 0 Å². The predicted octanol–water partition coefficient (Wildman–Crippen LogP) is 2.13. The zero-order valence-electron chi connectivity index (χ0n) is 14.7. The minimum absolute atomic E-state index is 0.0808. The molecular formula is C17H21N5O3S. The number of carbonyl (C=O) groups excluding carboxylic acids is 2. The van der Waals surface area contributed by atoms with E-state index >= 15 is 0 Å². The molecule has 1 aliphatic heterocycles. The van der Waals surface area contributed by atoms with E-state index in [9.17, 15) is 9.59 Å². The molecule has 2 amide bonds. The number of likely N-dealkylation sites (tertiary alicyclic amines) is 1. The van der Waals surface area contributed by atoms with Crippen molar-refractivity contribution in [3.05, 3.63) is 35.1 Å². The Balaban J connectivity index is 1.52. The van der Waals surface area contributed by atoms with Gasteiger partial charge in [0.2, 0.25) is 11.0 Å². The average molecular weight is 375 g/mol. The number of pyridine rings is 1. The minimum Gasteiger partial charge on any atom is -0.374 e. The number of rotatable bonds is 5. The van der Waals surface area contributed by atoms with Crippen molar-refractivity contribution in [3.8, 4) is 0 Å². The fraction of sp³-hybridized carbons (Fsp3) is 0.471. The van der Waals surface area contributed by atoms with Crippen LogP contribution in [0.1, 0.15) is 41.4 Å². The molecule has 0 spiro atoms. The molecule has 1 aliphatic rings. The van der Waals surface area contributed by atoms with Gasteiger partial charge in [0.15, 0.2) is 0 Å². The van der Waals surface area contributed by atoms with Gasteiger partial charge < -0.3 is 15.0 Å². The number of amides is 2. The third kappa shape index (κ3) is 4.23. The van der Waals surface area contributed by atoms with Crippen LogP contribution < -0.4 is 5.32 Å². The molecule has 138 valence electrons. The number of nitrogens with zero attached hydrogens (tertiary/aromatic N) is 4. The standard InChI is InChI=1S/C17H21N5O3S/c1-11(25-2)15-20-21-17(26-15)19-14(23)12-6-9-22(10-7-12)16(24)13-5-3-4-8-18-13/h3-5,8,11-12H,6-7,9-10H2,1-2H3,(H,19,21,23). The lowest BCUT2D eigenvalue weighted by atomic mass is 9.96. The second-order valence-corrected chi connectivity index (χ2v) is 7.10. The Bertz CT molecular complexity index is 759. The molecule has 26 heavy (non-hydrogen) atoms. The Kier molecular flexibility index (Phi) is 5.89. The number of carbonyl (C=O) groups is 2. The summed E-state index contributed by atoms with van der Waals surface area (Å²) in [6.45, 7) is 2.95. The van der Waals surface area contributed by atoms with Crippen LogP contribution in [0.25, 0.3) is 0 Å². The largest absolute Gasteiger partial charge is 0.374 e. The van der Waals surface area contributed by atoms with Crippen LogP contribution in [-0.2, 0) is 9.53 Å². The van der Waals surface area contributed by atoms with Gasteiger partial charge in [-0.2, -0.15) is 0 Å². The van der Waals surface area contributed by atoms with Gasteiger partial charge in [-0.15, -0.1) is 10.2 Å². The van der Waals surface area contributed by atoms with Crippen LogP contribution in [0.2, 0.25) is 0 Å². The highest BCUT2D eigenvalue weighted by molar-refractivity contribution is 7.15. The average Bonchev–Trinajstić information content (AvgIpc) is 3.16. The third-order valence-electron chi connectivity index (χ3n) is 4.41. The first-order valence-electron chi connectivity index (χ1n) is 8.46. The maximum Gasteiger partial charge on any atom is 0.272 e. The summed E-state index contributed by atoms with van der Waals surface area (Å²) >= 11 is 1.31. The molecule has 2 aromatic rings. The Labute approximate surface area is 155 Å². The molecule has 0 radical (unpaired) electrons. The van der Waals surface area contributed by atoms with Gasteiger partial charge in [-0.3, -0.25) is 14.6 Å². The Morgan fingerprint density at radius 1 is 1.31 bits per heavy atom. The maximum absolute atomic E-state index is 12.4. The molecule has 9 heteroatoms. The highest BCUT2D eigenvalue weighted by Gasteiger charge is 2.28. The summed E-state index contributed by atoms with van der Waals surface area (Å²) in [6, 6.07) is 5.27. The molecule has 3 heterocycles. The van der Waals surface area contributed by atoms with E-state index in [0.29, 0.717) is 36.8 Å². The Morgan fingerprint density at radius 3 is 2.73 bits per heavy atom. The van der Waals surface area contributed by atoms with E-state index in [4.69, 9.17) is 4.74 Å². The molecule has 0 saturated carbocycles. The molecule has 8 nitrogen and oxygen atoms in total. The lowest BCUT2D eigenvalue weighted by Gasteiger charge is -2.30. The first-order chi connectivity index (χ1) is 12.6. The van der Waals surface area contributed by atoms with E-state index in [1.54, 1.807) is 36.4 Å². The molecule has 1 atom stereocenters. The zero-order valence-corrected chi connectivity index (χ0v) is 15.5. The van der Waals surface area contributed by atoms with Crippen LogP contribution in [0.15, 0.2) is 24.4 Å². The summed E-state index contributed by atoms with van der Waals surface area (Å²) in [5.41, 5.74) is 0.434. The summed E-state index contributed by atoms with van der Waals surface area (Å²) in [5, 5.41) is 12.0. The molecule has 0 aromatic carbocycles. The number of methoxy groups -OCH3 is 1. The highest BCUT2D eigenvalue weighted by atomic mass is 32.1. The van der Waals surface area contributed by atoms with Gasteiger partial charge in [-0.1, -0.05) is 17.4 Å². The van der Waals surface area contributed by atoms with Crippen molar-refractivity contribution in [1.82, 2.24) is 20.1 Å². The number of ether oxygens (including phenoxy) is 1. The molecule has 3 rings (SSSR count). The van der Waals surface area contributed by atoms with Crippen LogP contribution in [0.5, 0.6) is 0 Å². The van der Waals surface area contributed by atoms with E-state index < -0.39 is 0 Å². The topological polar surface area (TPSA) is 97.3 Å². The van der Waals surface area contributed by atoms with Crippen LogP contribution in [0, 0.1) is 5.92 Å². The number of hydrogen-bond donors (Lipinski definition) is 1. The lowest BCUT2D eigenvalue weighted by Crippen LogP contribution is -2.41. The van der Waals surface area contributed by atoms with Gasteiger partial charge in [0.1, 0.15) is 16.8 Å². The molecule has 1 unspecified atom stereocenters. The fourth-order valence-corrected chi connectivity index (χ4v) is 3.53. The summed E-state index contributed by atoms with van der Waals surface area (Å²) in [4.78, 5) is 30.7. The normalized spacial score (nSPS) is 16.3. The SMILES string of the molecule is COC(C)c1nnc(NC(=O)C2CCN(C(=O)c3ccccn3)CC2)s1. The van der Waals surface area contributed by atoms with Crippen molar-refractivity contribution < 1.29 is 14.3 Å². The predicted molar refractivity (Wildman–Crippen MR) is 96.8 cm³/mol. The molecule has 1 fully saturated rings. The quantitative estimate of drug-likeness (QED) is 0.860. The van der Waals surface area contributed by atoms with Crippen molar-refractivity contribution >= 4 is 28.3 Å². The summed E-state index contributed by atoms with van der Waals surface area (Å²) in [6.07, 6.45) is 2.68. The molecule has 0 aliphatic carbocycles. The van der Waals surface area contributed by atoms with Gasteiger partial charge in [-0.05, 0) is 31.9 Å². The number of nitrogens with one attached hydrogen (secondary N) is 1. The number of aromatic nitrogens is 3. The zero-order chi connectivity index (χ0) is 18.5. The second kappa shape index (κ2) is 8.33. The lowest BCUT2D eigenvalue weighted by molar-refractivity contribution is -0.121. The first kappa shape index (κ1) is 18.4. The summed E-state index contributed by atoms with van der Waals surface area (Å²) < 4.78 is 5.19. The summed E-state index contributed by atoms with van der Waals surface area (Å²) in [5.74, 6) is -0.315. The van der Waals surface area contributed by atoms with Crippen LogP contribution in [-0.4, -0.2) is 52.1 Å². The van der Waals surface area contributed by atoms with E-state index in [1.807, 2.05) is 6.92 Å². The van der Waals surface area contributed by atoms with E-state index in [1.165, 1.54) is 11.3 Å². The van der Waals surface area contributed by atoms with Crippen LogP contribution in [0.3, 0.4) is 0 Å². The molecule has 0 bridgehead atoms. The van der Waals surface area contributed by atoms with Crippen LogP contribution >= 0.6 is 11.3 Å². The van der Waals surface area contributed by atoms with Crippen molar-refractivity contribution in [3.63, 3.8) is 0 Å². The fourth-order valence-electron chi connectivity index (χ4n) is 2.75. The minimum atomic E-state index is -0.154. The monoisotopic (exact) mass is 375 g/mol. The van der Waals surface area contributed by atoms with E-state index in [2.05, 4.69) is 20.5 Å². The number of piperidine rings is 1. The van der Waals surface area contributed by atoms with Crippen molar-refractivity contribution in [2.45, 2.75) is 25.9 Å². The Hall–Kier alpha value is -2.39. The van der Waals surface area contributed by atoms with Crippen molar-refractivity contribution in [2.24, 2.45) is 5.92 Å². The van der Waals surface area contributed by atoms with E-state index in [-0.39, 0.29) is 23.8 Å². The van der Waals surface area contributed by atoms with Crippen molar-refractivity contribution in [2.75, 3.05) is 25.5 Å². The Morgan fingerprint density at radius 2 is 2.08 bits per heavy atom. The number of anilines is 1. The molecule has 1 N–H and O–H groups in total. The smallest absolute Gasteiger partial charge is 0.272 e. The van der Waals surface area contributed by atoms with Crippen LogP contribution in [0.4, 0.5) is 5.13 Å².